The summed E-state index contributed by atoms with van der Waals surface area (Å²) in [6, 6.07) is 19.0. The predicted molar refractivity (Wildman–Crippen MR) is 107 cm³/mol. The highest BCUT2D eigenvalue weighted by Crippen LogP contribution is 2.40. The number of aryl methyl sites for hydroxylation is 2. The SMILES string of the molecule is Cc1ccc(-n2c(-c3ccccc3)cc3c2CC(C)(C)CC3=O)c(C)c1. The molecule has 0 N–H and O–H groups in total. The van der Waals surface area contributed by atoms with Crippen LogP contribution < -0.4 is 0 Å². The van der Waals surface area contributed by atoms with Crippen molar-refractivity contribution in [2.45, 2.75) is 40.5 Å². The van der Waals surface area contributed by atoms with Crippen molar-refractivity contribution in [1.82, 2.24) is 4.57 Å². The van der Waals surface area contributed by atoms with E-state index < -0.39 is 0 Å². The fraction of sp³-hybridized carbons (Fsp3) is 0.292. The third-order valence-electron chi connectivity index (χ3n) is 5.35. The van der Waals surface area contributed by atoms with Crippen LogP contribution in [0.2, 0.25) is 0 Å². The lowest BCUT2D eigenvalue weighted by atomic mass is 9.76. The maximum absolute atomic E-state index is 12.9. The average Bonchev–Trinajstić information content (AvgIpc) is 2.94. The molecular weight excluding hydrogens is 318 g/mol. The number of rotatable bonds is 2. The van der Waals surface area contributed by atoms with Crippen molar-refractivity contribution >= 4 is 5.78 Å². The molecule has 1 aliphatic carbocycles. The van der Waals surface area contributed by atoms with Gasteiger partial charge in [0.15, 0.2) is 5.78 Å². The van der Waals surface area contributed by atoms with Gasteiger partial charge < -0.3 is 4.57 Å². The first-order valence-electron chi connectivity index (χ1n) is 9.27. The van der Waals surface area contributed by atoms with Crippen LogP contribution in [0.25, 0.3) is 16.9 Å². The summed E-state index contributed by atoms with van der Waals surface area (Å²) >= 11 is 0. The number of ketones is 1. The standard InChI is InChI=1S/C24H25NO/c1-16-10-11-20(17(2)12-16)25-21(18-8-6-5-7-9-18)13-19-22(25)14-24(3,4)15-23(19)26/h5-13H,14-15H2,1-4H3. The number of hydrogen-bond donors (Lipinski definition) is 0. The van der Waals surface area contributed by atoms with E-state index in [9.17, 15) is 4.79 Å². The van der Waals surface area contributed by atoms with Gasteiger partial charge in [-0.05, 0) is 48.9 Å². The van der Waals surface area contributed by atoms with E-state index in [0.29, 0.717) is 6.42 Å². The molecule has 0 saturated carbocycles. The van der Waals surface area contributed by atoms with Crippen LogP contribution in [0, 0.1) is 19.3 Å². The minimum absolute atomic E-state index is 0.00720. The van der Waals surface area contributed by atoms with Crippen LogP contribution in [0.4, 0.5) is 0 Å². The van der Waals surface area contributed by atoms with Crippen LogP contribution in [0.15, 0.2) is 54.6 Å². The van der Waals surface area contributed by atoms with Gasteiger partial charge in [0.1, 0.15) is 0 Å². The molecule has 0 unspecified atom stereocenters. The number of benzene rings is 2. The Balaban J connectivity index is 2.03. The Morgan fingerprint density at radius 1 is 0.923 bits per heavy atom. The summed E-state index contributed by atoms with van der Waals surface area (Å²) in [5.41, 5.74) is 7.94. The minimum atomic E-state index is -0.00720. The molecule has 4 rings (SSSR count). The molecule has 1 aliphatic rings. The lowest BCUT2D eigenvalue weighted by Gasteiger charge is -2.30. The Labute approximate surface area is 155 Å². The number of carbonyl (C=O) groups is 1. The molecule has 2 aromatic carbocycles. The Hall–Kier alpha value is -2.61. The van der Waals surface area contributed by atoms with Gasteiger partial charge >= 0.3 is 0 Å². The first kappa shape index (κ1) is 16.8. The van der Waals surface area contributed by atoms with Gasteiger partial charge in [0.25, 0.3) is 0 Å². The smallest absolute Gasteiger partial charge is 0.165 e. The van der Waals surface area contributed by atoms with Crippen LogP contribution in [0.3, 0.4) is 0 Å². The van der Waals surface area contributed by atoms with Crippen molar-refractivity contribution in [3.05, 3.63) is 77.0 Å². The molecule has 0 aliphatic heterocycles. The number of hydrogen-bond acceptors (Lipinski definition) is 1. The van der Waals surface area contributed by atoms with Gasteiger partial charge in [0.05, 0.1) is 5.69 Å². The molecule has 3 aromatic rings. The number of aromatic nitrogens is 1. The largest absolute Gasteiger partial charge is 0.313 e. The molecule has 0 bridgehead atoms. The van der Waals surface area contributed by atoms with Crippen LogP contribution in [-0.4, -0.2) is 10.4 Å². The molecular formula is C24H25NO. The lowest BCUT2D eigenvalue weighted by Crippen LogP contribution is -2.27. The van der Waals surface area contributed by atoms with Gasteiger partial charge in [-0.1, -0.05) is 61.9 Å². The number of carbonyl (C=O) groups excluding carboxylic acids is 1. The van der Waals surface area contributed by atoms with Crippen molar-refractivity contribution in [3.8, 4) is 16.9 Å². The fourth-order valence-electron chi connectivity index (χ4n) is 4.16. The van der Waals surface area contributed by atoms with Crippen molar-refractivity contribution in [3.63, 3.8) is 0 Å². The zero-order valence-corrected chi connectivity index (χ0v) is 16.0. The minimum Gasteiger partial charge on any atom is -0.313 e. The Morgan fingerprint density at radius 2 is 1.65 bits per heavy atom. The second-order valence-corrected chi connectivity index (χ2v) is 8.32. The molecule has 0 fully saturated rings. The van der Waals surface area contributed by atoms with Crippen molar-refractivity contribution in [2.75, 3.05) is 0 Å². The molecule has 132 valence electrons. The predicted octanol–water partition coefficient (Wildman–Crippen LogP) is 5.92. The molecule has 0 radical (unpaired) electrons. The van der Waals surface area contributed by atoms with Crippen molar-refractivity contribution in [1.29, 1.82) is 0 Å². The lowest BCUT2D eigenvalue weighted by molar-refractivity contribution is 0.0911. The number of nitrogens with zero attached hydrogens (tertiary/aromatic N) is 1. The average molecular weight is 343 g/mol. The highest BCUT2D eigenvalue weighted by Gasteiger charge is 2.35. The van der Waals surface area contributed by atoms with E-state index in [1.807, 2.05) is 6.07 Å². The Kier molecular flexibility index (Phi) is 3.87. The Bertz CT molecular complexity index is 993. The molecule has 2 heteroatoms. The first-order chi connectivity index (χ1) is 12.4. The zero-order valence-electron chi connectivity index (χ0n) is 16.0. The monoisotopic (exact) mass is 343 g/mol. The van der Waals surface area contributed by atoms with Crippen molar-refractivity contribution < 1.29 is 4.79 Å². The van der Waals surface area contributed by atoms with Crippen molar-refractivity contribution in [2.24, 2.45) is 5.41 Å². The van der Waals surface area contributed by atoms with E-state index >= 15 is 0 Å². The summed E-state index contributed by atoms with van der Waals surface area (Å²) in [6.07, 6.45) is 1.53. The first-order valence-corrected chi connectivity index (χ1v) is 9.27. The summed E-state index contributed by atoms with van der Waals surface area (Å²) in [5.74, 6) is 0.261. The van der Waals surface area contributed by atoms with E-state index in [1.54, 1.807) is 0 Å². The van der Waals surface area contributed by atoms with E-state index in [2.05, 4.69) is 80.8 Å². The van der Waals surface area contributed by atoms with Gasteiger partial charge in [-0.3, -0.25) is 4.79 Å². The second kappa shape index (κ2) is 5.98. The molecule has 1 heterocycles. The quantitative estimate of drug-likeness (QED) is 0.566. The summed E-state index contributed by atoms with van der Waals surface area (Å²) in [4.78, 5) is 12.9. The number of fused-ring (bicyclic) bond motifs is 1. The molecule has 0 spiro atoms. The maximum atomic E-state index is 12.9. The third kappa shape index (κ3) is 2.80. The molecule has 2 nitrogen and oxygen atoms in total. The summed E-state index contributed by atoms with van der Waals surface area (Å²) in [7, 11) is 0. The highest BCUT2D eigenvalue weighted by molar-refractivity contribution is 6.00. The van der Waals surface area contributed by atoms with Gasteiger partial charge in [0, 0.05) is 23.4 Å². The highest BCUT2D eigenvalue weighted by atomic mass is 16.1. The molecule has 26 heavy (non-hydrogen) atoms. The van der Waals surface area contributed by atoms with E-state index in [1.165, 1.54) is 16.8 Å². The summed E-state index contributed by atoms with van der Waals surface area (Å²) < 4.78 is 2.32. The molecule has 0 amide bonds. The third-order valence-corrected chi connectivity index (χ3v) is 5.35. The van der Waals surface area contributed by atoms with E-state index in [4.69, 9.17) is 0 Å². The van der Waals surface area contributed by atoms with Crippen LogP contribution in [0.5, 0.6) is 0 Å². The van der Waals surface area contributed by atoms with Crippen LogP contribution in [0.1, 0.15) is 47.4 Å². The second-order valence-electron chi connectivity index (χ2n) is 8.32. The molecule has 0 saturated heterocycles. The normalized spacial score (nSPS) is 15.8. The van der Waals surface area contributed by atoms with Crippen LogP contribution >= 0.6 is 0 Å². The molecule has 1 aromatic heterocycles. The van der Waals surface area contributed by atoms with Gasteiger partial charge in [-0.25, -0.2) is 0 Å². The molecule has 0 atom stereocenters. The van der Waals surface area contributed by atoms with Gasteiger partial charge in [-0.15, -0.1) is 0 Å². The number of Topliss-reactive ketones (excluding diaryl/α,β-unsaturated/α-hetero) is 1. The van der Waals surface area contributed by atoms with Crippen LogP contribution in [-0.2, 0) is 6.42 Å². The van der Waals surface area contributed by atoms with Gasteiger partial charge in [-0.2, -0.15) is 0 Å². The topological polar surface area (TPSA) is 22.0 Å². The summed E-state index contributed by atoms with van der Waals surface area (Å²) in [6.45, 7) is 8.65. The maximum Gasteiger partial charge on any atom is 0.165 e. The Morgan fingerprint density at radius 3 is 2.35 bits per heavy atom. The van der Waals surface area contributed by atoms with E-state index in [0.717, 1.165) is 28.9 Å². The zero-order chi connectivity index (χ0) is 18.5. The fourth-order valence-corrected chi connectivity index (χ4v) is 4.16. The van der Waals surface area contributed by atoms with E-state index in [-0.39, 0.29) is 11.2 Å². The summed E-state index contributed by atoms with van der Waals surface area (Å²) in [5, 5.41) is 0. The van der Waals surface area contributed by atoms with Gasteiger partial charge in [0.2, 0.25) is 0 Å².